The van der Waals surface area contributed by atoms with Crippen LogP contribution >= 0.6 is 11.3 Å². The van der Waals surface area contributed by atoms with E-state index in [0.717, 1.165) is 4.88 Å². The molecule has 0 spiro atoms. The number of nitrogens with one attached hydrogen (secondary N) is 1. The van der Waals surface area contributed by atoms with Crippen LogP contribution in [0.1, 0.15) is 27.0 Å². The number of benzene rings is 1. The first-order valence-electron chi connectivity index (χ1n) is 7.22. The van der Waals surface area contributed by atoms with Crippen LogP contribution in [0.2, 0.25) is 0 Å². The average molecular weight is 341 g/mol. The van der Waals surface area contributed by atoms with Gasteiger partial charge in [-0.1, -0.05) is 30.3 Å². The predicted octanol–water partition coefficient (Wildman–Crippen LogP) is 2.67. The standard InChI is InChI=1S/C17H15N3O3S/c1-10-13(20-17(24-10)12-8-5-9-23-12)16(22)19-14(15(18)21)11-6-3-2-4-7-11/h2-9,14H,1H3,(H2,18,21)(H,19,22)/t14-/m1/s1. The van der Waals surface area contributed by atoms with Crippen molar-refractivity contribution in [3.05, 3.63) is 64.9 Å². The number of hydrogen-bond acceptors (Lipinski definition) is 5. The number of amides is 2. The van der Waals surface area contributed by atoms with Gasteiger partial charge in [-0.3, -0.25) is 9.59 Å². The van der Waals surface area contributed by atoms with E-state index in [9.17, 15) is 9.59 Å². The van der Waals surface area contributed by atoms with Crippen molar-refractivity contribution in [3.63, 3.8) is 0 Å². The second-order valence-corrected chi connectivity index (χ2v) is 6.32. The first-order valence-corrected chi connectivity index (χ1v) is 8.04. The van der Waals surface area contributed by atoms with Crippen LogP contribution in [0.25, 0.3) is 10.8 Å². The number of carbonyl (C=O) groups is 2. The molecule has 0 radical (unpaired) electrons. The van der Waals surface area contributed by atoms with Gasteiger partial charge < -0.3 is 15.5 Å². The Bertz CT molecular complexity index is 857. The van der Waals surface area contributed by atoms with Gasteiger partial charge in [0.2, 0.25) is 5.91 Å². The Kier molecular flexibility index (Phi) is 4.43. The molecule has 3 rings (SSSR count). The average Bonchev–Trinajstić information content (AvgIpc) is 3.22. The van der Waals surface area contributed by atoms with E-state index in [1.807, 2.05) is 6.07 Å². The number of rotatable bonds is 5. The summed E-state index contributed by atoms with van der Waals surface area (Å²) < 4.78 is 5.30. The maximum Gasteiger partial charge on any atom is 0.271 e. The molecule has 3 aromatic rings. The van der Waals surface area contributed by atoms with Gasteiger partial charge in [-0.15, -0.1) is 11.3 Å². The molecule has 0 aliphatic heterocycles. The van der Waals surface area contributed by atoms with Crippen LogP contribution in [0.5, 0.6) is 0 Å². The third-order valence-electron chi connectivity index (χ3n) is 3.44. The number of carbonyl (C=O) groups excluding carboxylic acids is 2. The quantitative estimate of drug-likeness (QED) is 0.745. The molecular weight excluding hydrogens is 326 g/mol. The third kappa shape index (κ3) is 3.21. The molecule has 1 aromatic carbocycles. The molecule has 2 amide bonds. The predicted molar refractivity (Wildman–Crippen MR) is 90.4 cm³/mol. The lowest BCUT2D eigenvalue weighted by molar-refractivity contribution is -0.120. The van der Waals surface area contributed by atoms with E-state index in [4.69, 9.17) is 10.2 Å². The zero-order valence-corrected chi connectivity index (χ0v) is 13.7. The zero-order chi connectivity index (χ0) is 17.1. The zero-order valence-electron chi connectivity index (χ0n) is 12.9. The highest BCUT2D eigenvalue weighted by Gasteiger charge is 2.24. The Hall–Kier alpha value is -2.93. The number of nitrogens with two attached hydrogens (primary N) is 1. The second kappa shape index (κ2) is 6.67. The Morgan fingerprint density at radius 2 is 1.96 bits per heavy atom. The molecular formula is C17H15N3O3S. The Morgan fingerprint density at radius 1 is 1.21 bits per heavy atom. The molecule has 0 saturated heterocycles. The summed E-state index contributed by atoms with van der Waals surface area (Å²) in [6.45, 7) is 1.79. The molecule has 0 aliphatic carbocycles. The lowest BCUT2D eigenvalue weighted by atomic mass is 10.1. The molecule has 0 unspecified atom stereocenters. The number of furan rings is 1. The van der Waals surface area contributed by atoms with Gasteiger partial charge >= 0.3 is 0 Å². The van der Waals surface area contributed by atoms with Crippen LogP contribution in [-0.4, -0.2) is 16.8 Å². The van der Waals surface area contributed by atoms with E-state index in [0.29, 0.717) is 16.3 Å². The van der Waals surface area contributed by atoms with Crippen LogP contribution < -0.4 is 11.1 Å². The maximum absolute atomic E-state index is 12.5. The molecule has 7 heteroatoms. The number of aromatic nitrogens is 1. The highest BCUT2D eigenvalue weighted by molar-refractivity contribution is 7.15. The Balaban J connectivity index is 1.85. The molecule has 24 heavy (non-hydrogen) atoms. The minimum absolute atomic E-state index is 0.258. The molecule has 122 valence electrons. The highest BCUT2D eigenvalue weighted by atomic mass is 32.1. The first kappa shape index (κ1) is 15.9. The maximum atomic E-state index is 12.5. The third-order valence-corrected chi connectivity index (χ3v) is 4.42. The van der Waals surface area contributed by atoms with Crippen molar-refractivity contribution >= 4 is 23.2 Å². The molecule has 3 N–H and O–H groups in total. The number of aryl methyl sites for hydroxylation is 1. The molecule has 0 bridgehead atoms. The summed E-state index contributed by atoms with van der Waals surface area (Å²) in [6, 6.07) is 11.5. The number of nitrogens with zero attached hydrogens (tertiary/aromatic N) is 1. The monoisotopic (exact) mass is 341 g/mol. The van der Waals surface area contributed by atoms with Crippen LogP contribution in [0.4, 0.5) is 0 Å². The van der Waals surface area contributed by atoms with Crippen molar-refractivity contribution in [2.75, 3.05) is 0 Å². The molecule has 2 heterocycles. The summed E-state index contributed by atoms with van der Waals surface area (Å²) in [7, 11) is 0. The molecule has 0 saturated carbocycles. The number of thiazole rings is 1. The van der Waals surface area contributed by atoms with Crippen molar-refractivity contribution in [2.24, 2.45) is 5.73 Å². The molecule has 2 aromatic heterocycles. The highest BCUT2D eigenvalue weighted by Crippen LogP contribution is 2.28. The SMILES string of the molecule is Cc1sc(-c2ccco2)nc1C(=O)N[C@@H](C(N)=O)c1ccccc1. The largest absolute Gasteiger partial charge is 0.462 e. The number of hydrogen-bond donors (Lipinski definition) is 2. The van der Waals surface area contributed by atoms with Gasteiger partial charge in [-0.2, -0.15) is 0 Å². The lowest BCUT2D eigenvalue weighted by Crippen LogP contribution is -2.37. The topological polar surface area (TPSA) is 98.2 Å². The summed E-state index contributed by atoms with van der Waals surface area (Å²) in [5.41, 5.74) is 6.31. The fourth-order valence-electron chi connectivity index (χ4n) is 2.28. The van der Waals surface area contributed by atoms with Gasteiger partial charge in [-0.25, -0.2) is 4.98 Å². The molecule has 6 nitrogen and oxygen atoms in total. The van der Waals surface area contributed by atoms with Gasteiger partial charge in [-0.05, 0) is 24.6 Å². The van der Waals surface area contributed by atoms with Crippen molar-refractivity contribution in [2.45, 2.75) is 13.0 Å². The van der Waals surface area contributed by atoms with Crippen LogP contribution in [0, 0.1) is 6.92 Å². The number of primary amides is 1. The van der Waals surface area contributed by atoms with E-state index < -0.39 is 17.9 Å². The molecule has 0 fully saturated rings. The Morgan fingerprint density at radius 3 is 2.58 bits per heavy atom. The van der Waals surface area contributed by atoms with E-state index in [-0.39, 0.29) is 5.69 Å². The summed E-state index contributed by atoms with van der Waals surface area (Å²) in [5, 5.41) is 3.26. The van der Waals surface area contributed by atoms with Crippen LogP contribution in [-0.2, 0) is 4.79 Å². The van der Waals surface area contributed by atoms with Crippen molar-refractivity contribution < 1.29 is 14.0 Å². The lowest BCUT2D eigenvalue weighted by Gasteiger charge is -2.15. The van der Waals surface area contributed by atoms with Crippen LogP contribution in [0.3, 0.4) is 0 Å². The summed E-state index contributed by atoms with van der Waals surface area (Å²) >= 11 is 1.35. The summed E-state index contributed by atoms with van der Waals surface area (Å²) in [5.74, 6) is -0.487. The fourth-order valence-corrected chi connectivity index (χ4v) is 3.16. The van der Waals surface area contributed by atoms with Gasteiger partial charge in [0.05, 0.1) is 6.26 Å². The fraction of sp³-hybridized carbons (Fsp3) is 0.118. The normalized spacial score (nSPS) is 11.9. The molecule has 0 aliphatic rings. The van der Waals surface area contributed by atoms with Gasteiger partial charge in [0.15, 0.2) is 10.8 Å². The minimum atomic E-state index is -0.910. The van der Waals surface area contributed by atoms with Crippen molar-refractivity contribution in [1.29, 1.82) is 0 Å². The molecule has 1 atom stereocenters. The van der Waals surface area contributed by atoms with E-state index in [1.54, 1.807) is 49.6 Å². The van der Waals surface area contributed by atoms with Gasteiger partial charge in [0, 0.05) is 4.88 Å². The summed E-state index contributed by atoms with van der Waals surface area (Å²) in [6.07, 6.45) is 1.55. The Labute approximate surface area is 142 Å². The van der Waals surface area contributed by atoms with E-state index in [1.165, 1.54) is 11.3 Å². The van der Waals surface area contributed by atoms with E-state index in [2.05, 4.69) is 10.3 Å². The van der Waals surface area contributed by atoms with Crippen molar-refractivity contribution in [1.82, 2.24) is 10.3 Å². The smallest absolute Gasteiger partial charge is 0.271 e. The second-order valence-electron chi connectivity index (χ2n) is 5.12. The van der Waals surface area contributed by atoms with Crippen molar-refractivity contribution in [3.8, 4) is 10.8 Å². The van der Waals surface area contributed by atoms with Crippen LogP contribution in [0.15, 0.2) is 53.1 Å². The minimum Gasteiger partial charge on any atom is -0.462 e. The summed E-state index contributed by atoms with van der Waals surface area (Å²) in [4.78, 5) is 29.3. The van der Waals surface area contributed by atoms with Gasteiger partial charge in [0.1, 0.15) is 11.7 Å². The first-order chi connectivity index (χ1) is 11.6. The van der Waals surface area contributed by atoms with Gasteiger partial charge in [0.25, 0.3) is 5.91 Å². The van der Waals surface area contributed by atoms with E-state index >= 15 is 0 Å².